The monoisotopic (exact) mass is 530 g/mol. The highest BCUT2D eigenvalue weighted by atomic mass is 32.2. The molecule has 0 unspecified atom stereocenters. The summed E-state index contributed by atoms with van der Waals surface area (Å²) in [4.78, 5) is 24.7. The minimum Gasteiger partial charge on any atom is -0.459 e. The van der Waals surface area contributed by atoms with Gasteiger partial charge in [-0.2, -0.15) is 17.6 Å². The number of aliphatic hydroxyl groups excluding tert-OH is 1. The van der Waals surface area contributed by atoms with Crippen LogP contribution in [0, 0.1) is 0 Å². The van der Waals surface area contributed by atoms with Gasteiger partial charge in [-0.25, -0.2) is 18.0 Å². The maximum atomic E-state index is 12.5. The minimum absolute atomic E-state index is 0.0948. The van der Waals surface area contributed by atoms with Gasteiger partial charge in [-0.1, -0.05) is 60.7 Å². The molecule has 0 fully saturated rings. The van der Waals surface area contributed by atoms with Crippen molar-refractivity contribution in [3.8, 4) is 0 Å². The molecule has 9 nitrogen and oxygen atoms in total. The van der Waals surface area contributed by atoms with Crippen molar-refractivity contribution in [2.45, 2.75) is 44.4 Å². The number of alkyl halides is 3. The third-order valence-electron chi connectivity index (χ3n) is 4.62. The predicted octanol–water partition coefficient (Wildman–Crippen LogP) is 3.13. The molecule has 196 valence electrons. The van der Waals surface area contributed by atoms with E-state index in [0.29, 0.717) is 11.1 Å². The molecule has 0 saturated carbocycles. The Morgan fingerprint density at radius 1 is 0.972 bits per heavy atom. The number of nitrogens with one attached hydrogen (secondary N) is 1. The summed E-state index contributed by atoms with van der Waals surface area (Å²) in [5.74, 6) is -1.98. The van der Waals surface area contributed by atoms with E-state index in [1.807, 2.05) is 0 Å². The van der Waals surface area contributed by atoms with Gasteiger partial charge >= 0.3 is 18.2 Å². The van der Waals surface area contributed by atoms with Crippen molar-refractivity contribution in [3.05, 3.63) is 71.8 Å². The summed E-state index contributed by atoms with van der Waals surface area (Å²) in [6.07, 6.45) is -9.54. The lowest BCUT2D eigenvalue weighted by molar-refractivity contribution is -0.203. The largest absolute Gasteiger partial charge is 0.459 e. The van der Waals surface area contributed by atoms with E-state index in [-0.39, 0.29) is 13.2 Å². The first kappa shape index (κ1) is 28.8. The first-order chi connectivity index (χ1) is 17.0. The Morgan fingerprint density at radius 3 is 2.03 bits per heavy atom. The van der Waals surface area contributed by atoms with E-state index in [9.17, 15) is 31.2 Å². The number of benzene rings is 2. The summed E-state index contributed by atoms with van der Waals surface area (Å²) in [5, 5.41) is 11.2. The smallest absolute Gasteiger partial charge is 0.414 e. The summed E-state index contributed by atoms with van der Waals surface area (Å²) < 4.78 is 74.4. The fourth-order valence-electron chi connectivity index (χ4n) is 2.69. The molecule has 2 atom stereocenters. The predicted molar refractivity (Wildman–Crippen MR) is 123 cm³/mol. The number of ether oxygens (including phenoxy) is 2. The normalized spacial score (nSPS) is 13.7. The quantitative estimate of drug-likeness (QED) is 0.318. The van der Waals surface area contributed by atoms with Gasteiger partial charge in [-0.05, 0) is 17.5 Å². The summed E-state index contributed by atoms with van der Waals surface area (Å²) >= 11 is 0. The number of aliphatic hydroxyl groups is 1. The maximum absolute atomic E-state index is 12.5. The summed E-state index contributed by atoms with van der Waals surface area (Å²) in [6.45, 7) is -0.218. The number of halogens is 3. The van der Waals surface area contributed by atoms with Crippen LogP contribution in [-0.4, -0.2) is 55.9 Å². The molecule has 36 heavy (non-hydrogen) atoms. The van der Waals surface area contributed by atoms with Gasteiger partial charge in [0, 0.05) is 12.6 Å². The van der Waals surface area contributed by atoms with Gasteiger partial charge < -0.3 is 19.9 Å². The number of esters is 1. The second-order valence-electron chi connectivity index (χ2n) is 7.51. The molecular formula is C23H25F3N2O7S. The molecule has 2 aromatic rings. The third kappa shape index (κ3) is 10.9. The van der Waals surface area contributed by atoms with E-state index in [2.05, 4.69) is 9.71 Å². The van der Waals surface area contributed by atoms with Crippen LogP contribution in [0.1, 0.15) is 24.0 Å². The van der Waals surface area contributed by atoms with E-state index in [1.54, 1.807) is 60.7 Å². The molecule has 2 rings (SSSR count). The number of carbonyl (C=O) groups excluding carboxylic acids is 2. The van der Waals surface area contributed by atoms with E-state index in [0.717, 1.165) is 6.21 Å². The Morgan fingerprint density at radius 2 is 1.50 bits per heavy atom. The average Bonchev–Trinajstić information content (AvgIpc) is 2.84. The lowest BCUT2D eigenvalue weighted by Gasteiger charge is -2.16. The molecular weight excluding hydrogens is 505 g/mol. The van der Waals surface area contributed by atoms with Gasteiger partial charge in [-0.3, -0.25) is 0 Å². The standard InChI is InChI=1S/C23H25F3N2O7S/c24-23(25,26)20(29)12-14-36(32,33)27-13-11-19(21(30)34-15-17-7-3-1-4-8-17)28-22(31)35-16-18-9-5-2-6-10-18/h1-10,13,19-20,29H,11-12,14-16H2,(H,28,31)/t19-,20-/m0/s1. The van der Waals surface area contributed by atoms with Crippen molar-refractivity contribution >= 4 is 28.3 Å². The highest BCUT2D eigenvalue weighted by molar-refractivity contribution is 7.90. The van der Waals surface area contributed by atoms with E-state index in [1.165, 1.54) is 0 Å². The van der Waals surface area contributed by atoms with Crippen LogP contribution >= 0.6 is 0 Å². The van der Waals surface area contributed by atoms with E-state index >= 15 is 0 Å². The Labute approximate surface area is 206 Å². The van der Waals surface area contributed by atoms with E-state index in [4.69, 9.17) is 14.6 Å². The molecule has 13 heteroatoms. The molecule has 0 heterocycles. The molecule has 0 bridgehead atoms. The molecule has 1 amide bonds. The Kier molecular flexibility index (Phi) is 10.9. The summed E-state index contributed by atoms with van der Waals surface area (Å²) in [7, 11) is -4.37. The van der Waals surface area contributed by atoms with Gasteiger partial charge in [0.2, 0.25) is 0 Å². The van der Waals surface area contributed by atoms with Gasteiger partial charge in [-0.15, -0.1) is 0 Å². The van der Waals surface area contributed by atoms with Crippen LogP contribution in [0.4, 0.5) is 18.0 Å². The highest BCUT2D eigenvalue weighted by Crippen LogP contribution is 2.22. The lowest BCUT2D eigenvalue weighted by Crippen LogP contribution is -2.42. The Balaban J connectivity index is 1.99. The number of hydrogen-bond acceptors (Lipinski definition) is 7. The SMILES string of the molecule is O=C(N[C@@H](CC=NS(=O)(=O)CC[C@H](O)C(F)(F)F)C(=O)OCc1ccccc1)OCc1ccccc1. The number of nitrogens with zero attached hydrogens (tertiary/aromatic N) is 1. The zero-order valence-electron chi connectivity index (χ0n) is 18.9. The Bertz CT molecular complexity index is 1110. The van der Waals surface area contributed by atoms with E-state index < -0.39 is 59.0 Å². The van der Waals surface area contributed by atoms with Gasteiger partial charge in [0.15, 0.2) is 6.10 Å². The lowest BCUT2D eigenvalue weighted by atomic mass is 10.2. The average molecular weight is 531 g/mol. The molecule has 0 radical (unpaired) electrons. The van der Waals surface area contributed by atoms with Crippen LogP contribution in [0.15, 0.2) is 65.1 Å². The van der Waals surface area contributed by atoms with Crippen LogP contribution < -0.4 is 5.32 Å². The van der Waals surface area contributed by atoms with Crippen molar-refractivity contribution in [1.29, 1.82) is 0 Å². The zero-order valence-corrected chi connectivity index (χ0v) is 19.7. The molecule has 0 spiro atoms. The van der Waals surface area contributed by atoms with Gasteiger partial charge in [0.25, 0.3) is 10.0 Å². The molecule has 0 aromatic heterocycles. The molecule has 0 aliphatic heterocycles. The summed E-state index contributed by atoms with van der Waals surface area (Å²) in [5.41, 5.74) is 1.35. The Hall–Kier alpha value is -3.45. The second-order valence-corrected chi connectivity index (χ2v) is 9.29. The fourth-order valence-corrected chi connectivity index (χ4v) is 3.63. The third-order valence-corrected chi connectivity index (χ3v) is 5.84. The van der Waals surface area contributed by atoms with Crippen LogP contribution in [0.25, 0.3) is 0 Å². The number of alkyl carbamates (subject to hydrolysis) is 1. The van der Waals surface area contributed by atoms with Crippen LogP contribution in [-0.2, 0) is 37.5 Å². The first-order valence-corrected chi connectivity index (χ1v) is 12.3. The van der Waals surface area contributed by atoms with Crippen molar-refractivity contribution in [2.75, 3.05) is 5.75 Å². The van der Waals surface area contributed by atoms with Crippen molar-refractivity contribution in [1.82, 2.24) is 5.32 Å². The molecule has 2 N–H and O–H groups in total. The number of hydrogen-bond donors (Lipinski definition) is 2. The van der Waals surface area contributed by atoms with Crippen LogP contribution in [0.3, 0.4) is 0 Å². The maximum Gasteiger partial charge on any atom is 0.414 e. The highest BCUT2D eigenvalue weighted by Gasteiger charge is 2.38. The first-order valence-electron chi connectivity index (χ1n) is 10.7. The van der Waals surface area contributed by atoms with Crippen molar-refractivity contribution in [2.24, 2.45) is 4.40 Å². The molecule has 0 aliphatic rings. The number of rotatable bonds is 12. The van der Waals surface area contributed by atoms with Crippen LogP contribution in [0.2, 0.25) is 0 Å². The van der Waals surface area contributed by atoms with Gasteiger partial charge in [0.1, 0.15) is 19.3 Å². The molecule has 2 aromatic carbocycles. The number of amides is 1. The van der Waals surface area contributed by atoms with Crippen molar-refractivity contribution < 1.29 is 45.8 Å². The zero-order chi connectivity index (χ0) is 26.6. The molecule has 0 saturated heterocycles. The summed E-state index contributed by atoms with van der Waals surface area (Å²) in [6, 6.07) is 15.9. The number of sulfonamides is 1. The fraction of sp³-hybridized carbons (Fsp3) is 0.348. The van der Waals surface area contributed by atoms with Crippen LogP contribution in [0.5, 0.6) is 0 Å². The number of carbonyl (C=O) groups is 2. The topological polar surface area (TPSA) is 131 Å². The van der Waals surface area contributed by atoms with Gasteiger partial charge in [0.05, 0.1) is 5.75 Å². The van der Waals surface area contributed by atoms with Crippen molar-refractivity contribution in [3.63, 3.8) is 0 Å². The minimum atomic E-state index is -4.96. The molecule has 0 aliphatic carbocycles. The second kappa shape index (κ2) is 13.6.